The van der Waals surface area contributed by atoms with Gasteiger partial charge in [0.15, 0.2) is 5.78 Å². The van der Waals surface area contributed by atoms with Crippen molar-refractivity contribution in [2.45, 2.75) is 26.1 Å². The molecule has 24 heavy (non-hydrogen) atoms. The number of ketones is 1. The fourth-order valence-corrected chi connectivity index (χ4v) is 3.05. The average Bonchev–Trinajstić information content (AvgIpc) is 2.60. The van der Waals surface area contributed by atoms with Gasteiger partial charge in [0.25, 0.3) is 5.91 Å². The number of hydrogen-bond donors (Lipinski definition) is 0. The molecule has 1 aliphatic rings. The van der Waals surface area contributed by atoms with Gasteiger partial charge in [0.05, 0.1) is 12.2 Å². The third-order valence-corrected chi connectivity index (χ3v) is 4.14. The van der Waals surface area contributed by atoms with Crippen molar-refractivity contribution in [3.63, 3.8) is 0 Å². The van der Waals surface area contributed by atoms with Crippen LogP contribution < -0.4 is 0 Å². The molecular formula is C20H21NO3. The molecule has 1 saturated heterocycles. The van der Waals surface area contributed by atoms with Gasteiger partial charge in [-0.25, -0.2) is 0 Å². The summed E-state index contributed by atoms with van der Waals surface area (Å²) >= 11 is 0. The van der Waals surface area contributed by atoms with Crippen LogP contribution in [0.5, 0.6) is 0 Å². The minimum Gasteiger partial charge on any atom is -0.372 e. The van der Waals surface area contributed by atoms with Gasteiger partial charge in [0.2, 0.25) is 0 Å². The Morgan fingerprint density at radius 1 is 0.833 bits per heavy atom. The quantitative estimate of drug-likeness (QED) is 0.815. The van der Waals surface area contributed by atoms with Crippen molar-refractivity contribution in [3.8, 4) is 0 Å². The highest BCUT2D eigenvalue weighted by Gasteiger charge is 2.26. The molecular weight excluding hydrogens is 302 g/mol. The first kappa shape index (κ1) is 16.4. The number of amides is 1. The van der Waals surface area contributed by atoms with Gasteiger partial charge in [-0.2, -0.15) is 0 Å². The summed E-state index contributed by atoms with van der Waals surface area (Å²) < 4.78 is 5.66. The van der Waals surface area contributed by atoms with Crippen LogP contribution >= 0.6 is 0 Å². The van der Waals surface area contributed by atoms with Gasteiger partial charge in [-0.3, -0.25) is 9.59 Å². The van der Waals surface area contributed by atoms with E-state index in [0.29, 0.717) is 29.8 Å². The van der Waals surface area contributed by atoms with Crippen LogP contribution in [0.25, 0.3) is 0 Å². The van der Waals surface area contributed by atoms with Crippen LogP contribution in [0.2, 0.25) is 0 Å². The molecule has 3 rings (SSSR count). The molecule has 1 fully saturated rings. The van der Waals surface area contributed by atoms with Crippen LogP contribution in [-0.2, 0) is 4.74 Å². The largest absolute Gasteiger partial charge is 0.372 e. The van der Waals surface area contributed by atoms with E-state index < -0.39 is 0 Å². The summed E-state index contributed by atoms with van der Waals surface area (Å²) in [5.41, 5.74) is 1.83. The number of rotatable bonds is 3. The van der Waals surface area contributed by atoms with Crippen molar-refractivity contribution >= 4 is 11.7 Å². The van der Waals surface area contributed by atoms with Crippen molar-refractivity contribution in [2.75, 3.05) is 13.1 Å². The SMILES string of the molecule is C[C@H]1CN(C(=O)c2ccc(C(=O)c3ccccc3)cc2)C[C@H](C)O1. The monoisotopic (exact) mass is 323 g/mol. The second kappa shape index (κ2) is 6.97. The molecule has 0 N–H and O–H groups in total. The van der Waals surface area contributed by atoms with Crippen molar-refractivity contribution in [1.82, 2.24) is 4.90 Å². The number of ether oxygens (including phenoxy) is 1. The highest BCUT2D eigenvalue weighted by molar-refractivity contribution is 6.09. The molecule has 2 aromatic rings. The number of nitrogens with zero attached hydrogens (tertiary/aromatic N) is 1. The Hall–Kier alpha value is -2.46. The first-order valence-corrected chi connectivity index (χ1v) is 8.19. The van der Waals surface area contributed by atoms with Crippen LogP contribution in [0.4, 0.5) is 0 Å². The molecule has 2 aromatic carbocycles. The van der Waals surface area contributed by atoms with Gasteiger partial charge in [0, 0.05) is 29.8 Å². The zero-order valence-electron chi connectivity index (χ0n) is 13.9. The number of morpholine rings is 1. The number of carbonyl (C=O) groups is 2. The van der Waals surface area contributed by atoms with Crippen LogP contribution in [0, 0.1) is 0 Å². The zero-order valence-corrected chi connectivity index (χ0v) is 13.9. The molecule has 0 unspecified atom stereocenters. The van der Waals surface area contributed by atoms with E-state index in [9.17, 15) is 9.59 Å². The van der Waals surface area contributed by atoms with Gasteiger partial charge >= 0.3 is 0 Å². The minimum absolute atomic E-state index is 0.0179. The number of carbonyl (C=O) groups excluding carboxylic acids is 2. The molecule has 0 aromatic heterocycles. The molecule has 0 bridgehead atoms. The van der Waals surface area contributed by atoms with E-state index in [1.54, 1.807) is 36.4 Å². The Morgan fingerprint density at radius 2 is 1.33 bits per heavy atom. The predicted octanol–water partition coefficient (Wildman–Crippen LogP) is 3.17. The van der Waals surface area contributed by atoms with E-state index >= 15 is 0 Å². The van der Waals surface area contributed by atoms with Crippen molar-refractivity contribution in [2.24, 2.45) is 0 Å². The van der Waals surface area contributed by atoms with E-state index in [1.165, 1.54) is 0 Å². The third-order valence-electron chi connectivity index (χ3n) is 4.14. The van der Waals surface area contributed by atoms with Gasteiger partial charge < -0.3 is 9.64 Å². The molecule has 4 nitrogen and oxygen atoms in total. The van der Waals surface area contributed by atoms with E-state index in [1.807, 2.05) is 36.9 Å². The molecule has 0 spiro atoms. The summed E-state index contributed by atoms with van der Waals surface area (Å²) in [4.78, 5) is 26.8. The number of benzene rings is 2. The Morgan fingerprint density at radius 3 is 1.92 bits per heavy atom. The maximum atomic E-state index is 12.6. The Kier molecular flexibility index (Phi) is 4.76. The van der Waals surface area contributed by atoms with Crippen LogP contribution in [0.3, 0.4) is 0 Å². The lowest BCUT2D eigenvalue weighted by Gasteiger charge is -2.35. The van der Waals surface area contributed by atoms with E-state index in [-0.39, 0.29) is 23.9 Å². The molecule has 0 radical (unpaired) electrons. The maximum Gasteiger partial charge on any atom is 0.254 e. The molecule has 0 saturated carbocycles. The summed E-state index contributed by atoms with van der Waals surface area (Å²) in [7, 11) is 0. The molecule has 1 amide bonds. The number of hydrogen-bond acceptors (Lipinski definition) is 3. The second-order valence-electron chi connectivity index (χ2n) is 6.24. The molecule has 2 atom stereocenters. The van der Waals surface area contributed by atoms with E-state index in [0.717, 1.165) is 0 Å². The van der Waals surface area contributed by atoms with Crippen LogP contribution in [-0.4, -0.2) is 41.9 Å². The van der Waals surface area contributed by atoms with Gasteiger partial charge in [-0.05, 0) is 26.0 Å². The Bertz CT molecular complexity index is 714. The average molecular weight is 323 g/mol. The van der Waals surface area contributed by atoms with Crippen molar-refractivity contribution < 1.29 is 14.3 Å². The lowest BCUT2D eigenvalue weighted by atomic mass is 10.0. The highest BCUT2D eigenvalue weighted by Crippen LogP contribution is 2.16. The summed E-state index contributed by atoms with van der Waals surface area (Å²) in [6.07, 6.45) is 0.0771. The summed E-state index contributed by atoms with van der Waals surface area (Å²) in [6, 6.07) is 16.0. The van der Waals surface area contributed by atoms with Gasteiger partial charge in [-0.1, -0.05) is 42.5 Å². The minimum atomic E-state index is -0.0387. The highest BCUT2D eigenvalue weighted by atomic mass is 16.5. The predicted molar refractivity (Wildman–Crippen MR) is 92.2 cm³/mol. The van der Waals surface area contributed by atoms with Crippen molar-refractivity contribution in [1.29, 1.82) is 0 Å². The second-order valence-corrected chi connectivity index (χ2v) is 6.24. The Balaban J connectivity index is 1.74. The van der Waals surface area contributed by atoms with Crippen LogP contribution in [0.15, 0.2) is 54.6 Å². The normalized spacial score (nSPS) is 20.7. The zero-order chi connectivity index (χ0) is 17.1. The fourth-order valence-electron chi connectivity index (χ4n) is 3.05. The molecule has 124 valence electrons. The Labute approximate surface area is 142 Å². The molecule has 4 heteroatoms. The topological polar surface area (TPSA) is 46.6 Å². The lowest BCUT2D eigenvalue weighted by Crippen LogP contribution is -2.48. The third kappa shape index (κ3) is 3.54. The van der Waals surface area contributed by atoms with Gasteiger partial charge in [-0.15, -0.1) is 0 Å². The van der Waals surface area contributed by atoms with Crippen molar-refractivity contribution in [3.05, 3.63) is 71.3 Å². The lowest BCUT2D eigenvalue weighted by molar-refractivity contribution is -0.0586. The summed E-state index contributed by atoms with van der Waals surface area (Å²) in [5, 5.41) is 0. The maximum absolute atomic E-state index is 12.6. The molecule has 1 heterocycles. The molecule has 0 aliphatic carbocycles. The summed E-state index contributed by atoms with van der Waals surface area (Å²) in [5.74, 6) is -0.0565. The fraction of sp³-hybridized carbons (Fsp3) is 0.300. The molecule has 1 aliphatic heterocycles. The standard InChI is InChI=1S/C20H21NO3/c1-14-12-21(13-15(2)24-14)20(23)18-10-8-17(9-11-18)19(22)16-6-4-3-5-7-16/h3-11,14-15H,12-13H2,1-2H3/t14-,15-/m0/s1. The first-order valence-electron chi connectivity index (χ1n) is 8.19. The van der Waals surface area contributed by atoms with Crippen LogP contribution in [0.1, 0.15) is 40.1 Å². The van der Waals surface area contributed by atoms with E-state index in [2.05, 4.69) is 0 Å². The van der Waals surface area contributed by atoms with Gasteiger partial charge in [0.1, 0.15) is 0 Å². The van der Waals surface area contributed by atoms with E-state index in [4.69, 9.17) is 4.74 Å². The summed E-state index contributed by atoms with van der Waals surface area (Å²) in [6.45, 7) is 5.12. The smallest absolute Gasteiger partial charge is 0.254 e. The first-order chi connectivity index (χ1) is 11.5.